The van der Waals surface area contributed by atoms with Gasteiger partial charge in [0, 0.05) is 40.6 Å². The number of carbonyl (C=O) groups is 1. The molecule has 0 aliphatic carbocycles. The van der Waals surface area contributed by atoms with Crippen LogP contribution in [-0.4, -0.2) is 33.8 Å². The Bertz CT molecular complexity index is 1580. The second-order valence-electron chi connectivity index (χ2n) is 6.64. The molecular formula is C23H23BrCl2N4O. The first-order valence-corrected chi connectivity index (χ1v) is 10.8. The molecule has 2 aromatic carbocycles. The zero-order chi connectivity index (χ0) is 32.3. The molecule has 0 atom stereocenters. The van der Waals surface area contributed by atoms with Crippen LogP contribution in [0.1, 0.15) is 58.6 Å². The number of nitrogens with zero attached hydrogens (tertiary/aromatic N) is 3. The first-order chi connectivity index (χ1) is 19.8. The zero-order valence-corrected chi connectivity index (χ0v) is 19.0. The van der Waals surface area contributed by atoms with E-state index in [0.717, 1.165) is 19.3 Å². The number of hydrazine groups is 1. The number of aromatic nitrogens is 2. The van der Waals surface area contributed by atoms with Crippen LogP contribution in [-0.2, 0) is 6.37 Å². The lowest BCUT2D eigenvalue weighted by Crippen LogP contribution is -2.45. The Balaban J connectivity index is 2.24. The van der Waals surface area contributed by atoms with Gasteiger partial charge in [0.25, 0.3) is 5.91 Å². The summed E-state index contributed by atoms with van der Waals surface area (Å²) < 4.78 is 101. The van der Waals surface area contributed by atoms with Gasteiger partial charge in [-0.15, -0.1) is 0 Å². The van der Waals surface area contributed by atoms with Gasteiger partial charge in [-0.25, -0.2) is 9.69 Å². The van der Waals surface area contributed by atoms with Crippen molar-refractivity contribution in [2.24, 2.45) is 0 Å². The largest absolute Gasteiger partial charge is 0.286 e. The Hall–Kier alpha value is -1.86. The fraction of sp³-hybridized carbons (Fsp3) is 0.304. The van der Waals surface area contributed by atoms with E-state index < -0.39 is 99.7 Å². The van der Waals surface area contributed by atoms with Crippen LogP contribution in [0.5, 0.6) is 0 Å². The Morgan fingerprint density at radius 1 is 1.23 bits per heavy atom. The molecule has 5 nitrogen and oxygen atoms in total. The Morgan fingerprint density at radius 3 is 2.68 bits per heavy atom. The molecule has 4 rings (SSSR count). The summed E-state index contributed by atoms with van der Waals surface area (Å²) in [5.41, 5.74) is -1.12. The van der Waals surface area contributed by atoms with Crippen molar-refractivity contribution in [1.29, 1.82) is 0 Å². The normalized spacial score (nSPS) is 21.0. The van der Waals surface area contributed by atoms with Crippen molar-refractivity contribution in [3.63, 3.8) is 0 Å². The van der Waals surface area contributed by atoms with Crippen LogP contribution in [0, 0.1) is 0 Å². The van der Waals surface area contributed by atoms with E-state index in [1.54, 1.807) is 5.01 Å². The van der Waals surface area contributed by atoms with Gasteiger partial charge in [0.2, 0.25) is 0 Å². The summed E-state index contributed by atoms with van der Waals surface area (Å²) in [6.45, 7) is -2.58. The molecule has 31 heavy (non-hydrogen) atoms. The molecular weight excluding hydrogens is 499 g/mol. The number of piperidine rings is 1. The zero-order valence-electron chi connectivity index (χ0n) is 27.9. The lowest BCUT2D eigenvalue weighted by molar-refractivity contribution is 0.0743. The SMILES string of the molecule is [2H]c1c([2H])c(-n2nc(C(=O)NN3CCCCC3)c(C([2H])([2H])C([2H])([2H])[2H])c2-c2c([2H])c([2H])c(Br)c([2H])c2[2H])c(Cl)c([2H])c1Cl. The van der Waals surface area contributed by atoms with E-state index in [1.165, 1.54) is 0 Å². The van der Waals surface area contributed by atoms with Gasteiger partial charge < -0.3 is 0 Å². The van der Waals surface area contributed by atoms with Crippen molar-refractivity contribution < 1.29 is 21.2 Å². The second kappa shape index (κ2) is 9.74. The van der Waals surface area contributed by atoms with Gasteiger partial charge in [-0.1, -0.05) is 64.5 Å². The molecule has 1 aliphatic heterocycles. The average molecular weight is 534 g/mol. The van der Waals surface area contributed by atoms with Crippen molar-refractivity contribution in [3.05, 3.63) is 68.1 Å². The highest BCUT2D eigenvalue weighted by molar-refractivity contribution is 9.10. The van der Waals surface area contributed by atoms with Crippen LogP contribution >= 0.6 is 39.1 Å². The van der Waals surface area contributed by atoms with Crippen molar-refractivity contribution in [2.45, 2.75) is 32.5 Å². The number of nitrogens with one attached hydrogen (secondary N) is 1. The lowest BCUT2D eigenvalue weighted by atomic mass is 10.0. The number of hydrogen-bond acceptors (Lipinski definition) is 3. The van der Waals surface area contributed by atoms with Crippen molar-refractivity contribution >= 4 is 45.0 Å². The minimum absolute atomic E-state index is 0.242. The van der Waals surface area contributed by atoms with Gasteiger partial charge in [0.15, 0.2) is 5.69 Å². The fourth-order valence-electron chi connectivity index (χ4n) is 3.21. The summed E-state index contributed by atoms with van der Waals surface area (Å²) >= 11 is 15.4. The van der Waals surface area contributed by atoms with Gasteiger partial charge in [0.05, 0.1) is 26.0 Å². The third-order valence-electron chi connectivity index (χ3n) is 4.60. The molecule has 0 bridgehead atoms. The predicted molar refractivity (Wildman–Crippen MR) is 129 cm³/mol. The van der Waals surface area contributed by atoms with E-state index in [0.29, 0.717) is 17.8 Å². The second-order valence-corrected chi connectivity index (χ2v) is 8.19. The molecule has 1 aromatic heterocycles. The quantitative estimate of drug-likeness (QED) is 0.418. The summed E-state index contributed by atoms with van der Waals surface area (Å²) in [7, 11) is 0. The highest BCUT2D eigenvalue weighted by atomic mass is 79.9. The van der Waals surface area contributed by atoms with Crippen LogP contribution < -0.4 is 5.43 Å². The molecule has 8 heteroatoms. The Labute approximate surface area is 217 Å². The summed E-state index contributed by atoms with van der Waals surface area (Å²) in [5, 5.41) is 4.64. The molecule has 0 unspecified atom stereocenters. The number of benzene rings is 2. The van der Waals surface area contributed by atoms with Crippen molar-refractivity contribution in [2.75, 3.05) is 13.1 Å². The van der Waals surface area contributed by atoms with E-state index >= 15 is 0 Å². The van der Waals surface area contributed by atoms with Gasteiger partial charge in [-0.3, -0.25) is 10.2 Å². The molecule has 1 saturated heterocycles. The Kier molecular flexibility index (Phi) is 3.72. The first kappa shape index (κ1) is 11.8. The van der Waals surface area contributed by atoms with Gasteiger partial charge in [-0.2, -0.15) is 5.10 Å². The monoisotopic (exact) mass is 532 g/mol. The van der Waals surface area contributed by atoms with Crippen molar-refractivity contribution in [1.82, 2.24) is 20.2 Å². The minimum atomic E-state index is -3.46. The van der Waals surface area contributed by atoms with E-state index in [9.17, 15) is 4.79 Å². The molecule has 0 radical (unpaired) electrons. The number of carbonyl (C=O) groups excluding carboxylic acids is 1. The number of rotatable bonds is 5. The van der Waals surface area contributed by atoms with Gasteiger partial charge in [-0.05, 0) is 49.4 Å². The Morgan fingerprint density at radius 2 is 1.97 bits per heavy atom. The van der Waals surface area contributed by atoms with Gasteiger partial charge >= 0.3 is 0 Å². The standard InChI is InChI=1S/C23H23BrCl2N4O/c1-2-18-21(23(31)28-29-12-4-3-5-13-29)27-30(20-11-10-17(25)14-19(20)26)22(18)15-6-8-16(24)9-7-15/h6-11,14H,2-5,12-13H2,1H3,(H,28,31)/i1D3,2D2,6D,7D,8D,9D,10D,11D,14D. The number of hydrogen-bond donors (Lipinski definition) is 1. The predicted octanol–water partition coefficient (Wildman–Crippen LogP) is 6.30. The summed E-state index contributed by atoms with van der Waals surface area (Å²) in [6, 6.07) is -4.80. The maximum Gasteiger partial charge on any atom is 0.286 e. The van der Waals surface area contributed by atoms with Crippen molar-refractivity contribution in [3.8, 4) is 16.9 Å². The molecule has 3 aromatic rings. The summed E-state index contributed by atoms with van der Waals surface area (Å²) in [6.07, 6.45) is -1.00. The summed E-state index contributed by atoms with van der Waals surface area (Å²) in [5.74, 6) is -1.05. The summed E-state index contributed by atoms with van der Waals surface area (Å²) in [4.78, 5) is 13.7. The molecule has 1 aliphatic rings. The van der Waals surface area contributed by atoms with Crippen LogP contribution in [0.4, 0.5) is 0 Å². The maximum absolute atomic E-state index is 13.7. The van der Waals surface area contributed by atoms with Crippen LogP contribution in [0.2, 0.25) is 10.0 Å². The van der Waals surface area contributed by atoms with E-state index in [4.69, 9.17) is 39.7 Å². The van der Waals surface area contributed by atoms with E-state index in [-0.39, 0.29) is 4.47 Å². The number of amides is 1. The third-order valence-corrected chi connectivity index (χ3v) is 5.46. The van der Waals surface area contributed by atoms with Crippen LogP contribution in [0.25, 0.3) is 16.9 Å². The third kappa shape index (κ3) is 4.82. The molecule has 2 heterocycles. The average Bonchev–Trinajstić information content (AvgIpc) is 3.33. The molecule has 1 N–H and O–H groups in total. The minimum Gasteiger partial charge on any atom is -0.283 e. The van der Waals surface area contributed by atoms with Crippen LogP contribution in [0.3, 0.4) is 0 Å². The molecule has 1 fully saturated rings. The van der Waals surface area contributed by atoms with Crippen LogP contribution in [0.15, 0.2) is 46.8 Å². The fourth-order valence-corrected chi connectivity index (χ4v) is 3.82. The topological polar surface area (TPSA) is 50.2 Å². The smallest absolute Gasteiger partial charge is 0.283 e. The lowest BCUT2D eigenvalue weighted by Gasteiger charge is -2.26. The molecule has 0 spiro atoms. The van der Waals surface area contributed by atoms with Gasteiger partial charge in [0.1, 0.15) is 0 Å². The highest BCUT2D eigenvalue weighted by Gasteiger charge is 2.26. The van der Waals surface area contributed by atoms with E-state index in [2.05, 4.69) is 26.5 Å². The maximum atomic E-state index is 13.7. The number of halogens is 3. The van der Waals surface area contributed by atoms with E-state index in [1.807, 2.05) is 0 Å². The molecule has 162 valence electrons. The molecule has 1 amide bonds. The highest BCUT2D eigenvalue weighted by Crippen LogP contribution is 2.34. The molecule has 0 saturated carbocycles. The first-order valence-electron chi connectivity index (χ1n) is 15.2.